The molecule has 3 heterocycles. The number of aromatic nitrogens is 4. The summed E-state index contributed by atoms with van der Waals surface area (Å²) in [7, 11) is 0. The molecule has 2 aromatic carbocycles. The molecule has 5 rings (SSSR count). The minimum atomic E-state index is -0.170. The van der Waals surface area contributed by atoms with Crippen LogP contribution >= 0.6 is 23.4 Å². The predicted molar refractivity (Wildman–Crippen MR) is 123 cm³/mol. The van der Waals surface area contributed by atoms with Gasteiger partial charge in [0.2, 0.25) is 11.7 Å². The van der Waals surface area contributed by atoms with Crippen molar-refractivity contribution >= 4 is 34.3 Å². The highest BCUT2D eigenvalue weighted by atomic mass is 35.5. The predicted octanol–water partition coefficient (Wildman–Crippen LogP) is 5.34. The largest absolute Gasteiger partial charge is 0.467 e. The van der Waals surface area contributed by atoms with Crippen molar-refractivity contribution in [3.05, 3.63) is 93.5 Å². The first-order valence-electron chi connectivity index (χ1n) is 9.82. The molecule has 5 aromatic rings. The first-order chi connectivity index (χ1) is 15.6. The van der Waals surface area contributed by atoms with E-state index in [1.54, 1.807) is 35.1 Å². The standard InChI is InChI=1S/C23H17ClN4O3S/c1-14-4-2-5-15(10-14)21-26-20(31-27-21)13-32-23-25-19-11-16(24)7-8-18(19)22(29)28(23)12-17-6-3-9-30-17/h2-11H,12-13H2,1H3. The number of hydrogen-bond donors (Lipinski definition) is 0. The summed E-state index contributed by atoms with van der Waals surface area (Å²) in [4.78, 5) is 22.4. The van der Waals surface area contributed by atoms with Crippen LogP contribution in [0.5, 0.6) is 0 Å². The zero-order chi connectivity index (χ0) is 22.1. The van der Waals surface area contributed by atoms with Crippen LogP contribution in [0, 0.1) is 6.92 Å². The smallest absolute Gasteiger partial charge is 0.262 e. The molecule has 0 spiro atoms. The van der Waals surface area contributed by atoms with Gasteiger partial charge in [-0.1, -0.05) is 52.3 Å². The van der Waals surface area contributed by atoms with Crippen LogP contribution in [0.25, 0.3) is 22.3 Å². The first kappa shape index (κ1) is 20.5. The number of rotatable bonds is 6. The van der Waals surface area contributed by atoms with Gasteiger partial charge in [-0.25, -0.2) is 4.98 Å². The Morgan fingerprint density at radius 1 is 1.09 bits per heavy atom. The summed E-state index contributed by atoms with van der Waals surface area (Å²) < 4.78 is 12.5. The minimum Gasteiger partial charge on any atom is -0.467 e. The van der Waals surface area contributed by atoms with E-state index in [0.29, 0.717) is 44.3 Å². The number of fused-ring (bicyclic) bond motifs is 1. The van der Waals surface area contributed by atoms with Crippen LogP contribution in [-0.2, 0) is 12.3 Å². The van der Waals surface area contributed by atoms with E-state index in [1.807, 2.05) is 37.3 Å². The second-order valence-electron chi connectivity index (χ2n) is 7.20. The third kappa shape index (κ3) is 4.19. The quantitative estimate of drug-likeness (QED) is 0.247. The number of aryl methyl sites for hydroxylation is 1. The fourth-order valence-electron chi connectivity index (χ4n) is 3.32. The van der Waals surface area contributed by atoms with Gasteiger partial charge in [0, 0.05) is 10.6 Å². The van der Waals surface area contributed by atoms with Crippen LogP contribution < -0.4 is 5.56 Å². The Bertz CT molecular complexity index is 1460. The Labute approximate surface area is 192 Å². The lowest BCUT2D eigenvalue weighted by Gasteiger charge is -2.11. The SMILES string of the molecule is Cc1cccc(-c2noc(CSc3nc4cc(Cl)ccc4c(=O)n3Cc3ccco3)n2)c1. The van der Waals surface area contributed by atoms with E-state index in [1.165, 1.54) is 11.8 Å². The Kier molecular flexibility index (Phi) is 5.55. The lowest BCUT2D eigenvalue weighted by molar-refractivity contribution is 0.391. The second kappa shape index (κ2) is 8.64. The van der Waals surface area contributed by atoms with Gasteiger partial charge < -0.3 is 8.94 Å². The molecule has 0 fully saturated rings. The highest BCUT2D eigenvalue weighted by Gasteiger charge is 2.16. The molecule has 3 aromatic heterocycles. The number of hydrogen-bond acceptors (Lipinski definition) is 7. The van der Waals surface area contributed by atoms with Gasteiger partial charge in [0.15, 0.2) is 5.16 Å². The van der Waals surface area contributed by atoms with Crippen molar-refractivity contribution in [3.63, 3.8) is 0 Å². The summed E-state index contributed by atoms with van der Waals surface area (Å²) >= 11 is 7.46. The van der Waals surface area contributed by atoms with E-state index in [2.05, 4.69) is 15.1 Å². The molecule has 0 saturated heterocycles. The molecule has 7 nitrogen and oxygen atoms in total. The van der Waals surface area contributed by atoms with E-state index in [9.17, 15) is 4.79 Å². The van der Waals surface area contributed by atoms with E-state index in [-0.39, 0.29) is 12.1 Å². The molecule has 0 atom stereocenters. The fraction of sp³-hybridized carbons (Fsp3) is 0.130. The monoisotopic (exact) mass is 464 g/mol. The van der Waals surface area contributed by atoms with Crippen LogP contribution in [0.1, 0.15) is 17.2 Å². The van der Waals surface area contributed by atoms with Gasteiger partial charge in [-0.3, -0.25) is 9.36 Å². The van der Waals surface area contributed by atoms with Crippen molar-refractivity contribution in [2.45, 2.75) is 24.4 Å². The van der Waals surface area contributed by atoms with Gasteiger partial charge in [0.25, 0.3) is 5.56 Å². The van der Waals surface area contributed by atoms with E-state index in [4.69, 9.17) is 20.5 Å². The zero-order valence-electron chi connectivity index (χ0n) is 17.0. The van der Waals surface area contributed by atoms with Crippen LogP contribution in [-0.4, -0.2) is 19.7 Å². The average Bonchev–Trinajstić information content (AvgIpc) is 3.46. The van der Waals surface area contributed by atoms with Crippen molar-refractivity contribution in [1.29, 1.82) is 0 Å². The van der Waals surface area contributed by atoms with Crippen molar-refractivity contribution in [2.75, 3.05) is 0 Å². The molecule has 0 unspecified atom stereocenters. The molecular weight excluding hydrogens is 448 g/mol. The molecule has 9 heteroatoms. The summed E-state index contributed by atoms with van der Waals surface area (Å²) in [5.41, 5.74) is 2.37. The molecule has 0 aliphatic carbocycles. The molecule has 0 radical (unpaired) electrons. The van der Waals surface area contributed by atoms with Gasteiger partial charge in [-0.05, 0) is 43.3 Å². The highest BCUT2D eigenvalue weighted by Crippen LogP contribution is 2.25. The minimum absolute atomic E-state index is 0.170. The number of halogens is 1. The molecule has 0 amide bonds. The van der Waals surface area contributed by atoms with Gasteiger partial charge in [-0.15, -0.1) is 0 Å². The Hall–Kier alpha value is -3.36. The highest BCUT2D eigenvalue weighted by molar-refractivity contribution is 7.98. The number of nitrogens with zero attached hydrogens (tertiary/aromatic N) is 4. The van der Waals surface area contributed by atoms with Crippen LogP contribution in [0.3, 0.4) is 0 Å². The Balaban J connectivity index is 1.47. The topological polar surface area (TPSA) is 87.0 Å². The molecule has 32 heavy (non-hydrogen) atoms. The Morgan fingerprint density at radius 3 is 2.81 bits per heavy atom. The Morgan fingerprint density at radius 2 is 2.00 bits per heavy atom. The maximum absolute atomic E-state index is 13.2. The fourth-order valence-corrected chi connectivity index (χ4v) is 4.33. The van der Waals surface area contributed by atoms with Gasteiger partial charge in [0.05, 0.1) is 29.5 Å². The molecule has 0 bridgehead atoms. The first-order valence-corrected chi connectivity index (χ1v) is 11.2. The van der Waals surface area contributed by atoms with Crippen LogP contribution in [0.15, 0.2) is 79.8 Å². The summed E-state index contributed by atoms with van der Waals surface area (Å²) in [6.45, 7) is 2.27. The van der Waals surface area contributed by atoms with Gasteiger partial charge >= 0.3 is 0 Å². The number of benzene rings is 2. The summed E-state index contributed by atoms with van der Waals surface area (Å²) in [5, 5.41) is 5.60. The van der Waals surface area contributed by atoms with Crippen LogP contribution in [0.4, 0.5) is 0 Å². The summed E-state index contributed by atoms with van der Waals surface area (Å²) in [5.74, 6) is 1.98. The number of thioether (sulfide) groups is 1. The third-order valence-electron chi connectivity index (χ3n) is 4.85. The normalized spacial score (nSPS) is 11.3. The second-order valence-corrected chi connectivity index (χ2v) is 8.58. The van der Waals surface area contributed by atoms with Crippen molar-refractivity contribution in [1.82, 2.24) is 19.7 Å². The zero-order valence-corrected chi connectivity index (χ0v) is 18.6. The maximum atomic E-state index is 13.2. The van der Waals surface area contributed by atoms with E-state index in [0.717, 1.165) is 11.1 Å². The maximum Gasteiger partial charge on any atom is 0.262 e. The molecular formula is C23H17ClN4O3S. The van der Waals surface area contributed by atoms with Crippen molar-refractivity contribution < 1.29 is 8.94 Å². The van der Waals surface area contributed by atoms with E-state index >= 15 is 0 Å². The molecule has 160 valence electrons. The van der Waals surface area contributed by atoms with E-state index < -0.39 is 0 Å². The molecule has 0 saturated carbocycles. The van der Waals surface area contributed by atoms with Crippen LogP contribution in [0.2, 0.25) is 5.02 Å². The molecule has 0 aliphatic rings. The van der Waals surface area contributed by atoms with Gasteiger partial charge in [0.1, 0.15) is 5.76 Å². The molecule has 0 aliphatic heterocycles. The number of furan rings is 1. The van der Waals surface area contributed by atoms with Crippen molar-refractivity contribution in [2.24, 2.45) is 0 Å². The lowest BCUT2D eigenvalue weighted by atomic mass is 10.1. The van der Waals surface area contributed by atoms with Gasteiger partial charge in [-0.2, -0.15) is 4.98 Å². The summed E-state index contributed by atoms with van der Waals surface area (Å²) in [6.07, 6.45) is 1.58. The summed E-state index contributed by atoms with van der Waals surface area (Å²) in [6, 6.07) is 16.5. The lowest BCUT2D eigenvalue weighted by Crippen LogP contribution is -2.23. The molecule has 0 N–H and O–H groups in total. The average molecular weight is 465 g/mol. The third-order valence-corrected chi connectivity index (χ3v) is 6.04. The van der Waals surface area contributed by atoms with Crippen molar-refractivity contribution in [3.8, 4) is 11.4 Å².